The van der Waals surface area contributed by atoms with Crippen LogP contribution in [0, 0.1) is 5.92 Å². The predicted octanol–water partition coefficient (Wildman–Crippen LogP) is -0.618. The van der Waals surface area contributed by atoms with Crippen LogP contribution < -0.4 is 27.0 Å². The first-order valence-electron chi connectivity index (χ1n) is 10.9. The van der Waals surface area contributed by atoms with Crippen LogP contribution in [0.5, 0.6) is 0 Å². The fourth-order valence-electron chi connectivity index (χ4n) is 3.34. The number of nitrogens with two attached hydrogens (primary N) is 1. The van der Waals surface area contributed by atoms with E-state index in [-0.39, 0.29) is 30.0 Å². The average molecular weight is 460 g/mol. The third kappa shape index (κ3) is 9.04. The number of hydrogen-bond acceptors (Lipinski definition) is 7. The van der Waals surface area contributed by atoms with Gasteiger partial charge in [-0.25, -0.2) is 4.79 Å². The van der Waals surface area contributed by atoms with E-state index in [2.05, 4.69) is 33.9 Å². The number of unbranched alkanes of at least 4 members (excludes halogenated alkanes) is 1. The average Bonchev–Trinajstić information content (AvgIpc) is 3.29. The normalized spacial score (nSPS) is 19.7. The highest BCUT2D eigenvalue weighted by Crippen LogP contribution is 2.11. The van der Waals surface area contributed by atoms with Crippen molar-refractivity contribution in [2.24, 2.45) is 11.7 Å². The van der Waals surface area contributed by atoms with Gasteiger partial charge in [-0.1, -0.05) is 20.3 Å². The lowest BCUT2D eigenvalue weighted by Gasteiger charge is -2.27. The number of nitrogens with one attached hydrogen (secondary N) is 4. The highest BCUT2D eigenvalue weighted by atomic mass is 32.1. The fourth-order valence-corrected chi connectivity index (χ4v) is 3.60. The van der Waals surface area contributed by atoms with Gasteiger partial charge < -0.3 is 32.1 Å². The first kappa shape index (κ1) is 27.2. The molecule has 178 valence electrons. The van der Waals surface area contributed by atoms with Crippen molar-refractivity contribution < 1.29 is 24.3 Å². The molecule has 1 aliphatic rings. The molecule has 0 aliphatic carbocycles. The summed E-state index contributed by atoms with van der Waals surface area (Å²) in [6.07, 6.45) is 3.66. The van der Waals surface area contributed by atoms with Crippen LogP contribution in [-0.2, 0) is 19.2 Å². The zero-order valence-corrected chi connectivity index (χ0v) is 19.2. The summed E-state index contributed by atoms with van der Waals surface area (Å²) in [7, 11) is 0. The zero-order valence-electron chi connectivity index (χ0n) is 18.4. The van der Waals surface area contributed by atoms with Crippen LogP contribution in [0.1, 0.15) is 52.4 Å². The second-order valence-corrected chi connectivity index (χ2v) is 8.31. The summed E-state index contributed by atoms with van der Waals surface area (Å²) < 4.78 is 0. The molecule has 0 radical (unpaired) electrons. The highest BCUT2D eigenvalue weighted by molar-refractivity contribution is 7.80. The molecule has 0 spiro atoms. The molecule has 1 fully saturated rings. The molecule has 0 bridgehead atoms. The van der Waals surface area contributed by atoms with Crippen LogP contribution >= 0.6 is 12.6 Å². The molecule has 0 aromatic heterocycles. The van der Waals surface area contributed by atoms with Gasteiger partial charge in [0, 0.05) is 5.75 Å². The van der Waals surface area contributed by atoms with Crippen molar-refractivity contribution in [2.45, 2.75) is 76.5 Å². The van der Waals surface area contributed by atoms with Gasteiger partial charge in [-0.2, -0.15) is 12.6 Å². The van der Waals surface area contributed by atoms with Gasteiger partial charge >= 0.3 is 5.97 Å². The summed E-state index contributed by atoms with van der Waals surface area (Å²) in [5.41, 5.74) is 5.45. The molecular weight excluding hydrogens is 422 g/mol. The number of rotatable bonds is 14. The Labute approximate surface area is 189 Å². The van der Waals surface area contributed by atoms with Gasteiger partial charge in [0.2, 0.25) is 17.7 Å². The Kier molecular flexibility index (Phi) is 12.5. The molecule has 31 heavy (non-hydrogen) atoms. The van der Waals surface area contributed by atoms with Crippen LogP contribution in [0.3, 0.4) is 0 Å². The molecule has 0 saturated carbocycles. The zero-order chi connectivity index (χ0) is 23.4. The van der Waals surface area contributed by atoms with E-state index in [1.165, 1.54) is 0 Å². The van der Waals surface area contributed by atoms with Crippen molar-refractivity contribution in [1.29, 1.82) is 0 Å². The van der Waals surface area contributed by atoms with E-state index in [0.717, 1.165) is 13.0 Å². The first-order chi connectivity index (χ1) is 14.7. The Morgan fingerprint density at radius 1 is 1.13 bits per heavy atom. The monoisotopic (exact) mass is 459 g/mol. The summed E-state index contributed by atoms with van der Waals surface area (Å²) in [6.45, 7) is 4.86. The van der Waals surface area contributed by atoms with E-state index in [9.17, 15) is 24.3 Å². The van der Waals surface area contributed by atoms with Crippen LogP contribution in [0.2, 0.25) is 0 Å². The molecule has 10 nitrogen and oxygen atoms in total. The number of aliphatic carboxylic acids is 1. The number of thiol groups is 1. The molecule has 1 saturated heterocycles. The summed E-state index contributed by atoms with van der Waals surface area (Å²) in [5.74, 6) is -2.68. The molecule has 11 heteroatoms. The van der Waals surface area contributed by atoms with Gasteiger partial charge in [-0.05, 0) is 51.1 Å². The summed E-state index contributed by atoms with van der Waals surface area (Å²) >= 11 is 4.17. The van der Waals surface area contributed by atoms with E-state index in [0.29, 0.717) is 32.2 Å². The molecule has 5 atom stereocenters. The number of hydrogen-bond donors (Lipinski definition) is 7. The van der Waals surface area contributed by atoms with Crippen molar-refractivity contribution in [3.8, 4) is 0 Å². The molecule has 1 heterocycles. The van der Waals surface area contributed by atoms with Crippen LogP contribution in [0.25, 0.3) is 0 Å². The standard InChI is InChI=1S/C20H37N5O5S/c1-3-12(2)16(19(28)23-14(20(29)30)7-4-5-9-21)25-18(27)15(11-31)24-17(26)13-8-6-10-22-13/h12-16,22,31H,3-11,21H2,1-2H3,(H,23,28)(H,24,26)(H,25,27)(H,29,30)/t12-,13-,14+,15-,16-/m0/s1. The Hall–Kier alpha value is -1.85. The van der Waals surface area contributed by atoms with Crippen molar-refractivity contribution >= 4 is 36.3 Å². The fraction of sp³-hybridized carbons (Fsp3) is 0.800. The Morgan fingerprint density at radius 3 is 2.35 bits per heavy atom. The molecule has 3 amide bonds. The third-order valence-electron chi connectivity index (χ3n) is 5.55. The van der Waals surface area contributed by atoms with E-state index >= 15 is 0 Å². The largest absolute Gasteiger partial charge is 0.480 e. The summed E-state index contributed by atoms with van der Waals surface area (Å²) in [4.78, 5) is 49.5. The minimum absolute atomic E-state index is 0.0655. The minimum Gasteiger partial charge on any atom is -0.480 e. The molecule has 0 aromatic rings. The van der Waals surface area contributed by atoms with Crippen molar-refractivity contribution in [2.75, 3.05) is 18.8 Å². The molecule has 1 aliphatic heterocycles. The summed E-state index contributed by atoms with van der Waals surface area (Å²) in [5, 5.41) is 20.4. The van der Waals surface area contributed by atoms with E-state index < -0.39 is 35.9 Å². The first-order valence-corrected chi connectivity index (χ1v) is 11.6. The lowest BCUT2D eigenvalue weighted by molar-refractivity contribution is -0.142. The second-order valence-electron chi connectivity index (χ2n) is 7.95. The number of carboxylic acids is 1. The number of carbonyl (C=O) groups excluding carboxylic acids is 3. The van der Waals surface area contributed by atoms with Gasteiger partial charge in [0.1, 0.15) is 18.1 Å². The summed E-state index contributed by atoms with van der Waals surface area (Å²) in [6, 6.07) is -3.24. The molecule has 0 unspecified atom stereocenters. The maximum Gasteiger partial charge on any atom is 0.326 e. The number of carbonyl (C=O) groups is 4. The van der Waals surface area contributed by atoms with E-state index in [4.69, 9.17) is 5.73 Å². The quantitative estimate of drug-likeness (QED) is 0.134. The van der Waals surface area contributed by atoms with Gasteiger partial charge in [0.05, 0.1) is 6.04 Å². The molecule has 1 rings (SSSR count). The molecular formula is C20H37N5O5S. The minimum atomic E-state index is -1.14. The lowest BCUT2D eigenvalue weighted by Crippen LogP contribution is -2.59. The van der Waals surface area contributed by atoms with Crippen LogP contribution in [0.15, 0.2) is 0 Å². The Balaban J connectivity index is 2.79. The van der Waals surface area contributed by atoms with Gasteiger partial charge in [0.25, 0.3) is 0 Å². The topological polar surface area (TPSA) is 163 Å². The smallest absolute Gasteiger partial charge is 0.326 e. The van der Waals surface area contributed by atoms with Crippen molar-refractivity contribution in [1.82, 2.24) is 21.3 Å². The van der Waals surface area contributed by atoms with Crippen molar-refractivity contribution in [3.05, 3.63) is 0 Å². The third-order valence-corrected chi connectivity index (χ3v) is 5.91. The van der Waals surface area contributed by atoms with E-state index in [1.807, 2.05) is 6.92 Å². The SMILES string of the molecule is CC[C@H](C)[C@H](NC(=O)[C@H](CS)NC(=O)[C@@H]1CCCN1)C(=O)N[C@H](CCCCN)C(=O)O. The number of amides is 3. The predicted molar refractivity (Wildman–Crippen MR) is 121 cm³/mol. The maximum atomic E-state index is 12.8. The lowest BCUT2D eigenvalue weighted by atomic mass is 9.97. The van der Waals surface area contributed by atoms with Crippen LogP contribution in [-0.4, -0.2) is 71.8 Å². The van der Waals surface area contributed by atoms with Crippen molar-refractivity contribution in [3.63, 3.8) is 0 Å². The Bertz CT molecular complexity index is 615. The maximum absolute atomic E-state index is 12.8. The van der Waals surface area contributed by atoms with Crippen LogP contribution in [0.4, 0.5) is 0 Å². The highest BCUT2D eigenvalue weighted by Gasteiger charge is 2.32. The van der Waals surface area contributed by atoms with Gasteiger partial charge in [0.15, 0.2) is 0 Å². The molecule has 7 N–H and O–H groups in total. The second kappa shape index (κ2) is 14.3. The van der Waals surface area contributed by atoms with E-state index in [1.54, 1.807) is 6.92 Å². The number of carboxylic acid groups (broad SMARTS) is 1. The Morgan fingerprint density at radius 2 is 1.84 bits per heavy atom. The molecule has 0 aromatic carbocycles. The van der Waals surface area contributed by atoms with Gasteiger partial charge in [-0.15, -0.1) is 0 Å². The van der Waals surface area contributed by atoms with Gasteiger partial charge in [-0.3, -0.25) is 14.4 Å².